The van der Waals surface area contributed by atoms with Crippen LogP contribution in [0.5, 0.6) is 5.75 Å². The van der Waals surface area contributed by atoms with Crippen LogP contribution in [0, 0.1) is 0 Å². The summed E-state index contributed by atoms with van der Waals surface area (Å²) in [7, 11) is 1.69. The number of para-hydroxylation sites is 2. The number of carbonyl (C=O) groups is 1. The number of hydrogen-bond acceptors (Lipinski definition) is 4. The zero-order valence-electron chi connectivity index (χ0n) is 20.3. The zero-order chi connectivity index (χ0) is 23.9. The average Bonchev–Trinajstić information content (AvgIpc) is 2.88. The molecule has 0 spiro atoms. The van der Waals surface area contributed by atoms with Crippen molar-refractivity contribution in [3.63, 3.8) is 0 Å². The van der Waals surface area contributed by atoms with Gasteiger partial charge in [0.15, 0.2) is 0 Å². The summed E-state index contributed by atoms with van der Waals surface area (Å²) in [5.74, 6) is 0.866. The van der Waals surface area contributed by atoms with Crippen LogP contribution in [-0.4, -0.2) is 55.6 Å². The van der Waals surface area contributed by atoms with Gasteiger partial charge in [0.2, 0.25) is 0 Å². The van der Waals surface area contributed by atoms with Crippen molar-refractivity contribution >= 4 is 29.9 Å². The molecule has 4 rings (SSSR count). The van der Waals surface area contributed by atoms with Crippen LogP contribution >= 0.6 is 12.4 Å². The van der Waals surface area contributed by atoms with Crippen LogP contribution in [0.4, 0.5) is 16.2 Å². The van der Waals surface area contributed by atoms with E-state index in [0.717, 1.165) is 44.0 Å². The molecular formula is C28H34ClN3O3. The summed E-state index contributed by atoms with van der Waals surface area (Å²) in [6.07, 6.45) is 0.412. The van der Waals surface area contributed by atoms with E-state index < -0.39 is 6.09 Å². The predicted molar refractivity (Wildman–Crippen MR) is 144 cm³/mol. The molecule has 6 nitrogen and oxygen atoms in total. The maximum absolute atomic E-state index is 12.4. The van der Waals surface area contributed by atoms with E-state index in [1.165, 1.54) is 16.0 Å². The Kier molecular flexibility index (Phi) is 9.40. The fraction of sp³-hybridized carbons (Fsp3) is 0.321. The number of carboxylic acid groups (broad SMARTS) is 1. The smallest absolute Gasteiger partial charge is 0.413 e. The van der Waals surface area contributed by atoms with Crippen LogP contribution in [0.25, 0.3) is 0 Å². The van der Waals surface area contributed by atoms with Crippen LogP contribution in [0.15, 0.2) is 78.9 Å². The molecule has 35 heavy (non-hydrogen) atoms. The SMILES string of the molecule is CCC(N1CCN(c2ccccc2OC)CC1)N(C(=O)O)c1ccc(Cc2ccccc2)cc1.Cl. The highest BCUT2D eigenvalue weighted by Crippen LogP contribution is 2.30. The lowest BCUT2D eigenvalue weighted by atomic mass is 10.0. The Bertz CT molecular complexity index is 1070. The van der Waals surface area contributed by atoms with E-state index in [-0.39, 0.29) is 18.6 Å². The third-order valence-electron chi connectivity index (χ3n) is 6.50. The lowest BCUT2D eigenvalue weighted by molar-refractivity contribution is 0.154. The Morgan fingerprint density at radius 3 is 2.11 bits per heavy atom. The Balaban J connectivity index is 0.00000342. The summed E-state index contributed by atoms with van der Waals surface area (Å²) >= 11 is 0. The summed E-state index contributed by atoms with van der Waals surface area (Å²) in [6.45, 7) is 5.26. The molecule has 7 heteroatoms. The van der Waals surface area contributed by atoms with Gasteiger partial charge in [0.25, 0.3) is 0 Å². The van der Waals surface area contributed by atoms with Gasteiger partial charge in [-0.2, -0.15) is 0 Å². The number of piperazine rings is 1. The molecule has 186 valence electrons. The second-order valence-corrected chi connectivity index (χ2v) is 8.57. The summed E-state index contributed by atoms with van der Waals surface area (Å²) < 4.78 is 5.53. The molecule has 1 unspecified atom stereocenters. The lowest BCUT2D eigenvalue weighted by Gasteiger charge is -2.43. The summed E-state index contributed by atoms with van der Waals surface area (Å²) in [4.78, 5) is 18.5. The van der Waals surface area contributed by atoms with Gasteiger partial charge >= 0.3 is 6.09 Å². The topological polar surface area (TPSA) is 56.2 Å². The lowest BCUT2D eigenvalue weighted by Crippen LogP contribution is -2.57. The number of benzene rings is 3. The molecule has 1 N–H and O–H groups in total. The number of anilines is 2. The normalized spacial score (nSPS) is 14.6. The van der Waals surface area contributed by atoms with Crippen LogP contribution < -0.4 is 14.5 Å². The minimum absolute atomic E-state index is 0. The molecular weight excluding hydrogens is 462 g/mol. The number of ether oxygens (including phenoxy) is 1. The number of halogens is 1. The first-order chi connectivity index (χ1) is 16.6. The quantitative estimate of drug-likeness (QED) is 0.431. The Morgan fingerprint density at radius 2 is 1.51 bits per heavy atom. The highest BCUT2D eigenvalue weighted by atomic mass is 35.5. The van der Waals surface area contributed by atoms with E-state index in [9.17, 15) is 9.90 Å². The molecule has 3 aromatic carbocycles. The van der Waals surface area contributed by atoms with Gasteiger partial charge in [0.05, 0.1) is 19.0 Å². The molecule has 1 amide bonds. The number of hydrogen-bond donors (Lipinski definition) is 1. The summed E-state index contributed by atoms with van der Waals surface area (Å²) in [5.41, 5.74) is 4.20. The Labute approximate surface area is 214 Å². The van der Waals surface area contributed by atoms with Crippen molar-refractivity contribution in [3.8, 4) is 5.75 Å². The van der Waals surface area contributed by atoms with Crippen LogP contribution in [-0.2, 0) is 6.42 Å². The van der Waals surface area contributed by atoms with Gasteiger partial charge < -0.3 is 14.7 Å². The van der Waals surface area contributed by atoms with Gasteiger partial charge in [-0.3, -0.25) is 9.80 Å². The average molecular weight is 496 g/mol. The maximum Gasteiger partial charge on any atom is 0.413 e. The number of amides is 1. The number of nitrogens with zero attached hydrogens (tertiary/aromatic N) is 3. The third kappa shape index (κ3) is 6.27. The van der Waals surface area contributed by atoms with Gasteiger partial charge in [0.1, 0.15) is 5.75 Å². The van der Waals surface area contributed by atoms with E-state index in [1.807, 2.05) is 60.7 Å². The first kappa shape index (κ1) is 26.4. The van der Waals surface area contributed by atoms with Gasteiger partial charge in [0, 0.05) is 31.9 Å². The Hall–Kier alpha value is -3.22. The second kappa shape index (κ2) is 12.5. The highest BCUT2D eigenvalue weighted by Gasteiger charge is 2.31. The number of rotatable bonds is 8. The van der Waals surface area contributed by atoms with Gasteiger partial charge in [-0.15, -0.1) is 12.4 Å². The van der Waals surface area contributed by atoms with Crippen molar-refractivity contribution in [1.82, 2.24) is 4.90 Å². The molecule has 1 aliphatic heterocycles. The van der Waals surface area contributed by atoms with E-state index in [4.69, 9.17) is 4.74 Å². The van der Waals surface area contributed by atoms with Crippen molar-refractivity contribution in [2.45, 2.75) is 25.9 Å². The predicted octanol–water partition coefficient (Wildman–Crippen LogP) is 5.75. The van der Waals surface area contributed by atoms with Gasteiger partial charge in [-0.05, 0) is 48.2 Å². The third-order valence-corrected chi connectivity index (χ3v) is 6.50. The van der Waals surface area contributed by atoms with Crippen molar-refractivity contribution in [2.24, 2.45) is 0 Å². The van der Waals surface area contributed by atoms with Crippen molar-refractivity contribution in [3.05, 3.63) is 90.0 Å². The molecule has 0 aromatic heterocycles. The van der Waals surface area contributed by atoms with E-state index >= 15 is 0 Å². The second-order valence-electron chi connectivity index (χ2n) is 8.57. The standard InChI is InChI=1S/C28H33N3O3.ClH/c1-3-27(30-19-17-29(18-20-30)25-11-7-8-12-26(25)34-2)31(28(32)33)24-15-13-23(14-16-24)21-22-9-5-4-6-10-22;/h4-16,27H,3,17-21H2,1-2H3,(H,32,33);1H. The Morgan fingerprint density at radius 1 is 0.914 bits per heavy atom. The molecule has 0 aliphatic carbocycles. The minimum Gasteiger partial charge on any atom is -0.495 e. The highest BCUT2D eigenvalue weighted by molar-refractivity contribution is 5.86. The van der Waals surface area contributed by atoms with Crippen LogP contribution in [0.3, 0.4) is 0 Å². The number of methoxy groups -OCH3 is 1. The molecule has 3 aromatic rings. The van der Waals surface area contributed by atoms with E-state index in [1.54, 1.807) is 7.11 Å². The maximum atomic E-state index is 12.4. The molecule has 1 aliphatic rings. The molecule has 1 saturated heterocycles. The largest absolute Gasteiger partial charge is 0.495 e. The zero-order valence-corrected chi connectivity index (χ0v) is 21.2. The molecule has 1 fully saturated rings. The first-order valence-electron chi connectivity index (χ1n) is 11.9. The monoisotopic (exact) mass is 495 g/mol. The molecule has 0 radical (unpaired) electrons. The van der Waals surface area contributed by atoms with Crippen LogP contribution in [0.1, 0.15) is 24.5 Å². The van der Waals surface area contributed by atoms with Crippen molar-refractivity contribution < 1.29 is 14.6 Å². The van der Waals surface area contributed by atoms with Crippen LogP contribution in [0.2, 0.25) is 0 Å². The van der Waals surface area contributed by atoms with E-state index in [0.29, 0.717) is 12.1 Å². The van der Waals surface area contributed by atoms with E-state index in [2.05, 4.69) is 34.9 Å². The van der Waals surface area contributed by atoms with Gasteiger partial charge in [-0.25, -0.2) is 4.79 Å². The van der Waals surface area contributed by atoms with Crippen molar-refractivity contribution in [2.75, 3.05) is 43.1 Å². The first-order valence-corrected chi connectivity index (χ1v) is 11.9. The van der Waals surface area contributed by atoms with Gasteiger partial charge in [-0.1, -0.05) is 61.5 Å². The fourth-order valence-electron chi connectivity index (χ4n) is 4.77. The molecule has 1 heterocycles. The molecule has 0 saturated carbocycles. The molecule has 1 atom stereocenters. The summed E-state index contributed by atoms with van der Waals surface area (Å²) in [5, 5.41) is 10.1. The fourth-order valence-corrected chi connectivity index (χ4v) is 4.77. The summed E-state index contributed by atoms with van der Waals surface area (Å²) in [6, 6.07) is 26.3. The van der Waals surface area contributed by atoms with Crippen molar-refractivity contribution in [1.29, 1.82) is 0 Å². The minimum atomic E-state index is -0.921. The molecule has 0 bridgehead atoms.